The standard InChI is InChI=1S/C12H8ClNO3S/c13-18(16,17)10-5-3-4-9(8-10)12(15)11-6-1-2-7-14-11/h1-8H. The number of carbonyl (C=O) groups is 1. The molecule has 0 unspecified atom stereocenters. The van der Waals surface area contributed by atoms with Crippen LogP contribution in [0, 0.1) is 0 Å². The van der Waals surface area contributed by atoms with E-state index in [0.29, 0.717) is 0 Å². The van der Waals surface area contributed by atoms with Crippen molar-refractivity contribution < 1.29 is 13.2 Å². The number of rotatable bonds is 3. The number of ketones is 1. The summed E-state index contributed by atoms with van der Waals surface area (Å²) in [7, 11) is 1.39. The lowest BCUT2D eigenvalue weighted by atomic mass is 10.1. The lowest BCUT2D eigenvalue weighted by Crippen LogP contribution is -2.04. The molecule has 0 fully saturated rings. The number of pyridine rings is 1. The predicted octanol–water partition coefficient (Wildman–Crippen LogP) is 2.24. The summed E-state index contributed by atoms with van der Waals surface area (Å²) in [6, 6.07) is 10.5. The molecule has 0 atom stereocenters. The quantitative estimate of drug-likeness (QED) is 0.639. The molecular weight excluding hydrogens is 274 g/mol. The minimum Gasteiger partial charge on any atom is -0.287 e. The summed E-state index contributed by atoms with van der Waals surface area (Å²) in [6.45, 7) is 0. The van der Waals surface area contributed by atoms with Gasteiger partial charge < -0.3 is 0 Å². The Bertz CT molecular complexity index is 683. The maximum Gasteiger partial charge on any atom is 0.261 e. The fraction of sp³-hybridized carbons (Fsp3) is 0. The van der Waals surface area contributed by atoms with Crippen LogP contribution < -0.4 is 0 Å². The monoisotopic (exact) mass is 281 g/mol. The Hall–Kier alpha value is -1.72. The van der Waals surface area contributed by atoms with Crippen molar-refractivity contribution in [2.75, 3.05) is 0 Å². The Morgan fingerprint density at radius 3 is 2.50 bits per heavy atom. The number of benzene rings is 1. The van der Waals surface area contributed by atoms with Gasteiger partial charge in [-0.15, -0.1) is 0 Å². The molecule has 0 aliphatic carbocycles. The van der Waals surface area contributed by atoms with Crippen LogP contribution >= 0.6 is 10.7 Å². The second-order valence-electron chi connectivity index (χ2n) is 3.51. The van der Waals surface area contributed by atoms with E-state index in [9.17, 15) is 13.2 Å². The smallest absolute Gasteiger partial charge is 0.261 e. The molecule has 0 amide bonds. The summed E-state index contributed by atoms with van der Waals surface area (Å²) in [5, 5.41) is 0. The highest BCUT2D eigenvalue weighted by Gasteiger charge is 2.15. The molecule has 4 nitrogen and oxygen atoms in total. The van der Waals surface area contributed by atoms with Gasteiger partial charge in [-0.05, 0) is 24.3 Å². The maximum atomic E-state index is 12.0. The van der Waals surface area contributed by atoms with Crippen LogP contribution in [0.3, 0.4) is 0 Å². The highest BCUT2D eigenvalue weighted by molar-refractivity contribution is 8.13. The molecule has 1 aromatic heterocycles. The second-order valence-corrected chi connectivity index (χ2v) is 6.08. The van der Waals surface area contributed by atoms with Crippen LogP contribution in [0.15, 0.2) is 53.6 Å². The first-order valence-corrected chi connectivity index (χ1v) is 7.30. The Morgan fingerprint density at radius 1 is 1.11 bits per heavy atom. The maximum absolute atomic E-state index is 12.0. The van der Waals surface area contributed by atoms with E-state index >= 15 is 0 Å². The van der Waals surface area contributed by atoms with Crippen LogP contribution in [0.4, 0.5) is 0 Å². The topological polar surface area (TPSA) is 64.1 Å². The van der Waals surface area contributed by atoms with E-state index in [1.807, 2.05) is 0 Å². The fourth-order valence-corrected chi connectivity index (χ4v) is 2.23. The Morgan fingerprint density at radius 2 is 1.89 bits per heavy atom. The molecule has 1 heterocycles. The Balaban J connectivity index is 2.44. The zero-order valence-electron chi connectivity index (χ0n) is 9.08. The minimum atomic E-state index is -3.84. The number of carbonyl (C=O) groups excluding carboxylic acids is 1. The Labute approximate surface area is 109 Å². The number of aromatic nitrogens is 1. The third kappa shape index (κ3) is 2.75. The second kappa shape index (κ2) is 4.88. The van der Waals surface area contributed by atoms with Crippen LogP contribution in [0.2, 0.25) is 0 Å². The van der Waals surface area contributed by atoms with Crippen molar-refractivity contribution in [2.45, 2.75) is 4.90 Å². The van der Waals surface area contributed by atoms with Gasteiger partial charge >= 0.3 is 0 Å². The number of hydrogen-bond donors (Lipinski definition) is 0. The summed E-state index contributed by atoms with van der Waals surface area (Å²) >= 11 is 0. The molecule has 0 N–H and O–H groups in total. The van der Waals surface area contributed by atoms with Crippen molar-refractivity contribution in [1.29, 1.82) is 0 Å². The van der Waals surface area contributed by atoms with E-state index in [1.54, 1.807) is 18.2 Å². The molecule has 2 aromatic rings. The van der Waals surface area contributed by atoms with Crippen LogP contribution in [0.1, 0.15) is 16.1 Å². The molecule has 92 valence electrons. The zero-order chi connectivity index (χ0) is 13.2. The van der Waals surface area contributed by atoms with Gasteiger partial charge in [-0.3, -0.25) is 9.78 Å². The van der Waals surface area contributed by atoms with Crippen molar-refractivity contribution in [3.05, 3.63) is 59.9 Å². The van der Waals surface area contributed by atoms with Gasteiger partial charge in [0.05, 0.1) is 4.90 Å². The molecule has 0 radical (unpaired) electrons. The van der Waals surface area contributed by atoms with Gasteiger partial charge in [0.15, 0.2) is 0 Å². The van der Waals surface area contributed by atoms with Crippen molar-refractivity contribution in [3.8, 4) is 0 Å². The van der Waals surface area contributed by atoms with Crippen LogP contribution in [-0.4, -0.2) is 19.2 Å². The molecule has 0 aliphatic rings. The van der Waals surface area contributed by atoms with E-state index < -0.39 is 9.05 Å². The van der Waals surface area contributed by atoms with Crippen LogP contribution in [-0.2, 0) is 9.05 Å². The van der Waals surface area contributed by atoms with Gasteiger partial charge in [0.25, 0.3) is 9.05 Å². The van der Waals surface area contributed by atoms with Crippen molar-refractivity contribution in [2.24, 2.45) is 0 Å². The lowest BCUT2D eigenvalue weighted by Gasteiger charge is -2.02. The predicted molar refractivity (Wildman–Crippen MR) is 67.2 cm³/mol. The summed E-state index contributed by atoms with van der Waals surface area (Å²) < 4.78 is 22.4. The third-order valence-corrected chi connectivity index (χ3v) is 3.63. The van der Waals surface area contributed by atoms with E-state index in [-0.39, 0.29) is 21.9 Å². The molecule has 0 saturated carbocycles. The summed E-state index contributed by atoms with van der Waals surface area (Å²) in [5.74, 6) is -0.349. The first kappa shape index (κ1) is 12.7. The zero-order valence-corrected chi connectivity index (χ0v) is 10.6. The van der Waals surface area contributed by atoms with Crippen molar-refractivity contribution >= 4 is 25.5 Å². The van der Waals surface area contributed by atoms with E-state index in [0.717, 1.165) is 0 Å². The first-order valence-electron chi connectivity index (χ1n) is 4.99. The largest absolute Gasteiger partial charge is 0.287 e. The lowest BCUT2D eigenvalue weighted by molar-refractivity contribution is 0.103. The van der Waals surface area contributed by atoms with Gasteiger partial charge in [-0.25, -0.2) is 8.42 Å². The first-order chi connectivity index (χ1) is 8.48. The van der Waals surface area contributed by atoms with Crippen LogP contribution in [0.25, 0.3) is 0 Å². The molecule has 0 aliphatic heterocycles. The van der Waals surface area contributed by atoms with Gasteiger partial charge in [-0.1, -0.05) is 18.2 Å². The third-order valence-electron chi connectivity index (χ3n) is 2.28. The molecular formula is C12H8ClNO3S. The van der Waals surface area contributed by atoms with Crippen molar-refractivity contribution in [1.82, 2.24) is 4.98 Å². The van der Waals surface area contributed by atoms with Gasteiger partial charge in [0, 0.05) is 22.4 Å². The van der Waals surface area contributed by atoms with Gasteiger partial charge in [-0.2, -0.15) is 0 Å². The summed E-state index contributed by atoms with van der Waals surface area (Å²) in [4.78, 5) is 15.8. The molecule has 18 heavy (non-hydrogen) atoms. The Kier molecular flexibility index (Phi) is 3.45. The average Bonchev–Trinajstić information content (AvgIpc) is 2.38. The number of halogens is 1. The van der Waals surface area contributed by atoms with E-state index in [2.05, 4.69) is 4.98 Å². The van der Waals surface area contributed by atoms with Gasteiger partial charge in [0.2, 0.25) is 5.78 Å². The molecule has 6 heteroatoms. The molecule has 2 rings (SSSR count). The van der Waals surface area contributed by atoms with Crippen molar-refractivity contribution in [3.63, 3.8) is 0 Å². The fourth-order valence-electron chi connectivity index (χ4n) is 1.43. The SMILES string of the molecule is O=C(c1cccc(S(=O)(=O)Cl)c1)c1ccccn1. The summed E-state index contributed by atoms with van der Waals surface area (Å²) in [6.07, 6.45) is 1.50. The van der Waals surface area contributed by atoms with E-state index in [4.69, 9.17) is 10.7 Å². The highest BCUT2D eigenvalue weighted by atomic mass is 35.7. The summed E-state index contributed by atoms with van der Waals surface area (Å²) in [5.41, 5.74) is 0.483. The molecule has 0 spiro atoms. The number of nitrogens with zero attached hydrogens (tertiary/aromatic N) is 1. The highest BCUT2D eigenvalue weighted by Crippen LogP contribution is 2.17. The molecule has 1 aromatic carbocycles. The average molecular weight is 282 g/mol. The minimum absolute atomic E-state index is 0.106. The van der Waals surface area contributed by atoms with Crippen LogP contribution in [0.5, 0.6) is 0 Å². The normalized spacial score (nSPS) is 11.2. The van der Waals surface area contributed by atoms with E-state index in [1.165, 1.54) is 30.5 Å². The van der Waals surface area contributed by atoms with Gasteiger partial charge in [0.1, 0.15) is 5.69 Å². The molecule has 0 saturated heterocycles. The molecule has 0 bridgehead atoms. The number of hydrogen-bond acceptors (Lipinski definition) is 4.